The molecule has 1 unspecified atom stereocenters. The SMILES string of the molecule is Cc1cccc2nc(CCCl)n(C3CCSC3)c12. The van der Waals surface area contributed by atoms with Gasteiger partial charge in [0, 0.05) is 24.1 Å². The van der Waals surface area contributed by atoms with Gasteiger partial charge in [0.1, 0.15) is 5.82 Å². The lowest BCUT2D eigenvalue weighted by atomic mass is 10.2. The first-order chi connectivity index (χ1) is 8.81. The maximum atomic E-state index is 5.92. The third-order valence-corrected chi connectivity index (χ3v) is 4.91. The maximum absolute atomic E-state index is 5.92. The number of fused-ring (bicyclic) bond motifs is 1. The van der Waals surface area contributed by atoms with Gasteiger partial charge in [0.15, 0.2) is 0 Å². The predicted octanol–water partition coefficient (Wildman–Crippen LogP) is 3.80. The molecular weight excluding hydrogens is 264 g/mol. The number of nitrogens with zero attached hydrogens (tertiary/aromatic N) is 2. The van der Waals surface area contributed by atoms with Crippen LogP contribution in [0, 0.1) is 6.92 Å². The minimum absolute atomic E-state index is 0.597. The summed E-state index contributed by atoms with van der Waals surface area (Å²) >= 11 is 7.96. The van der Waals surface area contributed by atoms with E-state index in [1.54, 1.807) is 0 Å². The molecule has 1 saturated heterocycles. The molecule has 2 nitrogen and oxygen atoms in total. The Kier molecular flexibility index (Phi) is 3.53. The van der Waals surface area contributed by atoms with Gasteiger partial charge in [-0.25, -0.2) is 4.98 Å². The second-order valence-electron chi connectivity index (χ2n) is 4.80. The molecule has 0 radical (unpaired) electrons. The molecule has 0 amide bonds. The Morgan fingerprint density at radius 1 is 1.50 bits per heavy atom. The van der Waals surface area contributed by atoms with Crippen molar-refractivity contribution in [1.82, 2.24) is 9.55 Å². The fraction of sp³-hybridized carbons (Fsp3) is 0.500. The Labute approximate surface area is 117 Å². The van der Waals surface area contributed by atoms with Crippen molar-refractivity contribution in [2.24, 2.45) is 0 Å². The van der Waals surface area contributed by atoms with Crippen LogP contribution in [0.2, 0.25) is 0 Å². The summed E-state index contributed by atoms with van der Waals surface area (Å²) in [7, 11) is 0. The minimum Gasteiger partial charge on any atom is -0.324 e. The number of imidazole rings is 1. The summed E-state index contributed by atoms with van der Waals surface area (Å²) in [6.07, 6.45) is 2.11. The van der Waals surface area contributed by atoms with Crippen molar-refractivity contribution in [3.8, 4) is 0 Å². The monoisotopic (exact) mass is 280 g/mol. The molecule has 0 spiro atoms. The van der Waals surface area contributed by atoms with E-state index in [9.17, 15) is 0 Å². The molecule has 18 heavy (non-hydrogen) atoms. The highest BCUT2D eigenvalue weighted by Crippen LogP contribution is 2.33. The summed E-state index contributed by atoms with van der Waals surface area (Å²) in [5, 5.41) is 0. The molecule has 1 aromatic carbocycles. The zero-order valence-electron chi connectivity index (χ0n) is 10.5. The van der Waals surface area contributed by atoms with Crippen molar-refractivity contribution >= 4 is 34.4 Å². The average Bonchev–Trinajstić information content (AvgIpc) is 2.96. The number of aryl methyl sites for hydroxylation is 2. The van der Waals surface area contributed by atoms with Crippen LogP contribution in [0.3, 0.4) is 0 Å². The third kappa shape index (κ3) is 2.04. The van der Waals surface area contributed by atoms with E-state index in [2.05, 4.69) is 29.7 Å². The molecule has 1 atom stereocenters. The van der Waals surface area contributed by atoms with Crippen LogP contribution in [0.4, 0.5) is 0 Å². The van der Waals surface area contributed by atoms with Crippen molar-refractivity contribution in [3.63, 3.8) is 0 Å². The summed E-state index contributed by atoms with van der Waals surface area (Å²) in [5.41, 5.74) is 3.75. The highest BCUT2D eigenvalue weighted by Gasteiger charge is 2.23. The molecule has 1 fully saturated rings. The van der Waals surface area contributed by atoms with Crippen LogP contribution < -0.4 is 0 Å². The minimum atomic E-state index is 0.597. The Bertz CT molecular complexity index is 558. The molecule has 0 saturated carbocycles. The van der Waals surface area contributed by atoms with Crippen LogP contribution in [0.1, 0.15) is 23.9 Å². The molecule has 0 bridgehead atoms. The van der Waals surface area contributed by atoms with Crippen molar-refractivity contribution in [2.75, 3.05) is 17.4 Å². The standard InChI is InChI=1S/C14H17ClN2S/c1-10-3-2-4-12-14(10)17(11-6-8-18-9-11)13(16-12)5-7-15/h2-4,11H,5-9H2,1H3. The second kappa shape index (κ2) is 5.14. The topological polar surface area (TPSA) is 17.8 Å². The highest BCUT2D eigenvalue weighted by molar-refractivity contribution is 7.99. The van der Waals surface area contributed by atoms with E-state index in [0.29, 0.717) is 11.9 Å². The lowest BCUT2D eigenvalue weighted by molar-refractivity contribution is 0.551. The molecule has 4 heteroatoms. The number of hydrogen-bond acceptors (Lipinski definition) is 2. The first-order valence-corrected chi connectivity index (χ1v) is 8.10. The number of thioether (sulfide) groups is 1. The molecule has 1 aliphatic heterocycles. The summed E-state index contributed by atoms with van der Waals surface area (Å²) in [4.78, 5) is 4.78. The van der Waals surface area contributed by atoms with Crippen molar-refractivity contribution in [2.45, 2.75) is 25.8 Å². The van der Waals surface area contributed by atoms with Crippen molar-refractivity contribution in [3.05, 3.63) is 29.6 Å². The molecule has 1 aliphatic rings. The van der Waals surface area contributed by atoms with E-state index < -0.39 is 0 Å². The van der Waals surface area contributed by atoms with Gasteiger partial charge >= 0.3 is 0 Å². The summed E-state index contributed by atoms with van der Waals surface area (Å²) in [6, 6.07) is 6.97. The zero-order chi connectivity index (χ0) is 12.5. The van der Waals surface area contributed by atoms with Gasteiger partial charge in [0.25, 0.3) is 0 Å². The number of rotatable bonds is 3. The van der Waals surface area contributed by atoms with Gasteiger partial charge in [-0.05, 0) is 30.7 Å². The Morgan fingerprint density at radius 2 is 2.39 bits per heavy atom. The van der Waals surface area contributed by atoms with Gasteiger partial charge in [-0.3, -0.25) is 0 Å². The van der Waals surface area contributed by atoms with Crippen molar-refractivity contribution in [1.29, 1.82) is 0 Å². The largest absolute Gasteiger partial charge is 0.324 e. The number of para-hydroxylation sites is 1. The first-order valence-electron chi connectivity index (χ1n) is 6.41. The Morgan fingerprint density at radius 3 is 3.11 bits per heavy atom. The van der Waals surface area contributed by atoms with Gasteiger partial charge in [-0.1, -0.05) is 12.1 Å². The average molecular weight is 281 g/mol. The number of halogens is 1. The second-order valence-corrected chi connectivity index (χ2v) is 6.32. The molecule has 1 aromatic heterocycles. The normalized spacial score (nSPS) is 19.8. The summed E-state index contributed by atoms with van der Waals surface area (Å²) < 4.78 is 2.45. The van der Waals surface area contributed by atoms with Crippen molar-refractivity contribution < 1.29 is 0 Å². The third-order valence-electron chi connectivity index (χ3n) is 3.57. The summed E-state index contributed by atoms with van der Waals surface area (Å²) in [6.45, 7) is 2.17. The molecule has 2 aromatic rings. The van der Waals surface area contributed by atoms with Gasteiger partial charge in [0.05, 0.1) is 11.0 Å². The van der Waals surface area contributed by atoms with Crippen LogP contribution in [0.5, 0.6) is 0 Å². The number of aromatic nitrogens is 2. The van der Waals surface area contributed by atoms with Gasteiger partial charge in [0.2, 0.25) is 0 Å². The number of alkyl halides is 1. The van der Waals surface area contributed by atoms with Crippen LogP contribution in [0.15, 0.2) is 18.2 Å². The van der Waals surface area contributed by atoms with E-state index in [4.69, 9.17) is 16.6 Å². The molecule has 96 valence electrons. The smallest absolute Gasteiger partial charge is 0.111 e. The van der Waals surface area contributed by atoms with Crippen LogP contribution in [0.25, 0.3) is 11.0 Å². The number of benzene rings is 1. The quantitative estimate of drug-likeness (QED) is 0.796. The summed E-state index contributed by atoms with van der Waals surface area (Å²) in [5.74, 6) is 4.26. The Balaban J connectivity index is 2.19. The maximum Gasteiger partial charge on any atom is 0.111 e. The van der Waals surface area contributed by atoms with Gasteiger partial charge in [-0.15, -0.1) is 11.6 Å². The van der Waals surface area contributed by atoms with Gasteiger partial charge in [-0.2, -0.15) is 11.8 Å². The van der Waals surface area contributed by atoms with E-state index in [0.717, 1.165) is 17.8 Å². The lowest BCUT2D eigenvalue weighted by Gasteiger charge is -2.16. The molecular formula is C14H17ClN2S. The molecule has 2 heterocycles. The highest BCUT2D eigenvalue weighted by atomic mass is 35.5. The molecule has 0 aliphatic carbocycles. The van der Waals surface area contributed by atoms with E-state index in [-0.39, 0.29) is 0 Å². The fourth-order valence-electron chi connectivity index (χ4n) is 2.75. The van der Waals surface area contributed by atoms with Crippen LogP contribution >= 0.6 is 23.4 Å². The first kappa shape index (κ1) is 12.4. The predicted molar refractivity (Wildman–Crippen MR) is 79.9 cm³/mol. The fourth-order valence-corrected chi connectivity index (χ4v) is 4.11. The van der Waals surface area contributed by atoms with E-state index >= 15 is 0 Å². The van der Waals surface area contributed by atoms with Crippen LogP contribution in [-0.4, -0.2) is 26.9 Å². The molecule has 3 rings (SSSR count). The number of hydrogen-bond donors (Lipinski definition) is 0. The lowest BCUT2D eigenvalue weighted by Crippen LogP contribution is -2.12. The molecule has 0 N–H and O–H groups in total. The van der Waals surface area contributed by atoms with Gasteiger partial charge < -0.3 is 4.57 Å². The van der Waals surface area contributed by atoms with E-state index in [1.807, 2.05) is 11.8 Å². The van der Waals surface area contributed by atoms with E-state index in [1.165, 1.54) is 29.0 Å². The Hall–Kier alpha value is -0.670. The van der Waals surface area contributed by atoms with Crippen LogP contribution in [-0.2, 0) is 6.42 Å². The zero-order valence-corrected chi connectivity index (χ0v) is 12.1.